The molecule has 0 aliphatic carbocycles. The van der Waals surface area contributed by atoms with Crippen LogP contribution in [0.3, 0.4) is 0 Å². The Hall–Kier alpha value is -3.89. The second-order valence-corrected chi connectivity index (χ2v) is 10.5. The number of rotatable bonds is 6. The maximum atomic E-state index is 13.8. The van der Waals surface area contributed by atoms with E-state index in [2.05, 4.69) is 39.6 Å². The molecule has 11 heteroatoms. The van der Waals surface area contributed by atoms with E-state index in [0.717, 1.165) is 46.6 Å². The summed E-state index contributed by atoms with van der Waals surface area (Å²) in [5.74, 6) is 1.54. The van der Waals surface area contributed by atoms with Crippen LogP contribution in [-0.4, -0.2) is 54.6 Å². The highest BCUT2D eigenvalue weighted by Crippen LogP contribution is 2.36. The molecule has 0 spiro atoms. The average molecular weight is 546 g/mol. The van der Waals surface area contributed by atoms with E-state index in [1.165, 1.54) is 0 Å². The molecule has 0 radical (unpaired) electrons. The number of benzene rings is 1. The lowest BCUT2D eigenvalue weighted by Gasteiger charge is -2.20. The molecule has 6 rings (SSSR count). The second kappa shape index (κ2) is 10.0. The first-order chi connectivity index (χ1) is 18.8. The summed E-state index contributed by atoms with van der Waals surface area (Å²) in [6, 6.07) is 7.53. The van der Waals surface area contributed by atoms with E-state index in [-0.39, 0.29) is 17.5 Å². The van der Waals surface area contributed by atoms with Gasteiger partial charge in [0.1, 0.15) is 23.4 Å². The first kappa shape index (κ1) is 25.4. The molecule has 1 fully saturated rings. The summed E-state index contributed by atoms with van der Waals surface area (Å²) < 4.78 is 10.9. The van der Waals surface area contributed by atoms with Crippen LogP contribution in [0.2, 0.25) is 5.15 Å². The fraction of sp³-hybridized carbons (Fsp3) is 0.357. The highest BCUT2D eigenvalue weighted by Gasteiger charge is 2.32. The van der Waals surface area contributed by atoms with Gasteiger partial charge < -0.3 is 10.1 Å². The summed E-state index contributed by atoms with van der Waals surface area (Å²) in [4.78, 5) is 22.7. The largest absolute Gasteiger partial charge is 0.381 e. The molecule has 1 aromatic carbocycles. The predicted molar refractivity (Wildman–Crippen MR) is 152 cm³/mol. The molecule has 4 aromatic rings. The van der Waals surface area contributed by atoms with Crippen molar-refractivity contribution in [3.8, 4) is 11.5 Å². The molecular formula is C28H30ClN8O2+. The molecule has 2 unspecified atom stereocenters. The Morgan fingerprint density at radius 3 is 2.90 bits per heavy atom. The number of hydrogen-bond donors (Lipinski definition) is 1. The number of fused-ring (bicyclic) bond motifs is 3. The molecular weight excluding hydrogens is 516 g/mol. The smallest absolute Gasteiger partial charge is 0.341 e. The van der Waals surface area contributed by atoms with E-state index in [9.17, 15) is 4.79 Å². The van der Waals surface area contributed by atoms with Gasteiger partial charge in [-0.05, 0) is 56.5 Å². The highest BCUT2D eigenvalue weighted by molar-refractivity contribution is 6.29. The summed E-state index contributed by atoms with van der Waals surface area (Å²) >= 11 is 6.24. The van der Waals surface area contributed by atoms with Crippen molar-refractivity contribution in [2.45, 2.75) is 39.8 Å². The summed E-state index contributed by atoms with van der Waals surface area (Å²) in [6.07, 6.45) is 6.52. The lowest BCUT2D eigenvalue weighted by atomic mass is 9.94. The van der Waals surface area contributed by atoms with Crippen LogP contribution in [0.5, 0.6) is 0 Å². The topological polar surface area (TPSA) is 102 Å². The minimum absolute atomic E-state index is 0.0264. The van der Waals surface area contributed by atoms with E-state index in [1.54, 1.807) is 24.1 Å². The lowest BCUT2D eigenvalue weighted by Crippen LogP contribution is -2.25. The van der Waals surface area contributed by atoms with Gasteiger partial charge in [0.15, 0.2) is 0 Å². The van der Waals surface area contributed by atoms with Crippen molar-refractivity contribution in [2.75, 3.05) is 18.5 Å². The Morgan fingerprint density at radius 2 is 2.18 bits per heavy atom. The van der Waals surface area contributed by atoms with Gasteiger partial charge >= 0.3 is 11.4 Å². The molecule has 39 heavy (non-hydrogen) atoms. The van der Waals surface area contributed by atoms with Crippen LogP contribution >= 0.6 is 11.6 Å². The average Bonchev–Trinajstić information content (AvgIpc) is 3.68. The number of nitrogens with zero attached hydrogens (tertiary/aromatic N) is 7. The predicted octanol–water partition coefficient (Wildman–Crippen LogP) is 4.45. The number of hydrazone groups is 1. The van der Waals surface area contributed by atoms with Crippen molar-refractivity contribution in [2.24, 2.45) is 18.1 Å². The third-order valence-corrected chi connectivity index (χ3v) is 7.44. The number of aromatic nitrogens is 5. The Kier molecular flexibility index (Phi) is 6.52. The molecule has 3 aromatic heterocycles. The minimum Gasteiger partial charge on any atom is -0.381 e. The van der Waals surface area contributed by atoms with E-state index < -0.39 is 0 Å². The van der Waals surface area contributed by atoms with Gasteiger partial charge in [0.2, 0.25) is 5.82 Å². The van der Waals surface area contributed by atoms with E-state index in [4.69, 9.17) is 21.4 Å². The molecule has 0 saturated carbocycles. The Bertz CT molecular complexity index is 1720. The van der Waals surface area contributed by atoms with Crippen LogP contribution in [0.25, 0.3) is 22.3 Å². The Balaban J connectivity index is 1.50. The zero-order valence-electron chi connectivity index (χ0n) is 22.3. The molecule has 1 N–H and O–H groups in total. The summed E-state index contributed by atoms with van der Waals surface area (Å²) in [7, 11) is 1.81. The number of ether oxygens (including phenoxy) is 1. The van der Waals surface area contributed by atoms with Gasteiger partial charge in [0, 0.05) is 31.0 Å². The third kappa shape index (κ3) is 4.53. The summed E-state index contributed by atoms with van der Waals surface area (Å²) in [5.41, 5.74) is 4.22. The lowest BCUT2D eigenvalue weighted by molar-refractivity contribution is -0.444. The van der Waals surface area contributed by atoms with Gasteiger partial charge in [-0.2, -0.15) is 4.57 Å². The number of pyridine rings is 2. The fourth-order valence-corrected chi connectivity index (χ4v) is 5.57. The Labute approximate surface area is 230 Å². The van der Waals surface area contributed by atoms with Gasteiger partial charge in [-0.15, -0.1) is 9.78 Å². The van der Waals surface area contributed by atoms with Crippen LogP contribution in [0, 0.1) is 12.8 Å². The standard InChI is InChI=1S/C28H30ClN8O2/c1-5-36-27-21(12-31-37(27)13-18-8-9-39-14-18)24-19(10-16(2)11-20(24)28(36)38)17(3)32-22-6-7-23(29)33-25(22)26-30-15-35(4)34-26/h6-7,10-13,15,17-18,32H,5,8-9,14H2,1-4H3/q+1/b37-13-. The molecule has 2 aliphatic rings. The van der Waals surface area contributed by atoms with Crippen molar-refractivity contribution >= 4 is 46.3 Å². The van der Waals surface area contributed by atoms with Gasteiger partial charge in [-0.1, -0.05) is 22.8 Å². The molecule has 10 nitrogen and oxygen atoms in total. The van der Waals surface area contributed by atoms with Crippen LogP contribution < -0.4 is 10.9 Å². The van der Waals surface area contributed by atoms with Gasteiger partial charge in [0.05, 0.1) is 36.0 Å². The number of aryl methyl sites for hydroxylation is 2. The van der Waals surface area contributed by atoms with Crippen LogP contribution in [0.1, 0.15) is 43.0 Å². The maximum Gasteiger partial charge on any atom is 0.341 e. The van der Waals surface area contributed by atoms with E-state index >= 15 is 0 Å². The Morgan fingerprint density at radius 1 is 1.33 bits per heavy atom. The van der Waals surface area contributed by atoms with Crippen molar-refractivity contribution in [1.82, 2.24) is 24.3 Å². The molecule has 0 amide bonds. The van der Waals surface area contributed by atoms with Crippen LogP contribution in [0.15, 0.2) is 40.5 Å². The number of anilines is 1. The van der Waals surface area contributed by atoms with Crippen molar-refractivity contribution in [3.05, 3.63) is 62.8 Å². The second-order valence-electron chi connectivity index (χ2n) is 10.1. The van der Waals surface area contributed by atoms with Gasteiger partial charge in [-0.3, -0.25) is 4.68 Å². The van der Waals surface area contributed by atoms with Gasteiger partial charge in [0.25, 0.3) is 0 Å². The SMILES string of the molecule is CCn1c2c(c3c(C(C)Nc4ccc(Cl)nc4-c4ncn(C)n4)cc(C)cc3c1=O)C=N/[N+]2=C\C1CCOC1. The van der Waals surface area contributed by atoms with Crippen LogP contribution in [0.4, 0.5) is 11.5 Å². The van der Waals surface area contributed by atoms with E-state index in [1.807, 2.05) is 41.4 Å². The zero-order valence-corrected chi connectivity index (χ0v) is 23.1. The molecule has 2 aliphatic heterocycles. The van der Waals surface area contributed by atoms with Crippen molar-refractivity contribution in [3.63, 3.8) is 0 Å². The third-order valence-electron chi connectivity index (χ3n) is 7.23. The highest BCUT2D eigenvalue weighted by atomic mass is 35.5. The quantitative estimate of drug-likeness (QED) is 0.284. The molecule has 5 heterocycles. The van der Waals surface area contributed by atoms with Crippen molar-refractivity contribution in [1.29, 1.82) is 0 Å². The molecule has 2 atom stereocenters. The molecule has 200 valence electrons. The summed E-state index contributed by atoms with van der Waals surface area (Å²) in [6.45, 7) is 8.03. The van der Waals surface area contributed by atoms with Gasteiger partial charge in [-0.25, -0.2) is 14.8 Å². The van der Waals surface area contributed by atoms with Crippen LogP contribution in [-0.2, 0) is 18.3 Å². The first-order valence-corrected chi connectivity index (χ1v) is 13.5. The monoisotopic (exact) mass is 545 g/mol. The zero-order chi connectivity index (χ0) is 27.3. The molecule has 0 bridgehead atoms. The fourth-order valence-electron chi connectivity index (χ4n) is 5.42. The number of nitrogens with one attached hydrogen (secondary N) is 1. The normalized spacial score (nSPS) is 18.3. The number of halogens is 1. The van der Waals surface area contributed by atoms with E-state index in [0.29, 0.717) is 35.2 Å². The minimum atomic E-state index is -0.187. The van der Waals surface area contributed by atoms with Crippen molar-refractivity contribution < 1.29 is 9.42 Å². The number of hydrogen-bond acceptors (Lipinski definition) is 7. The molecule has 1 saturated heterocycles. The first-order valence-electron chi connectivity index (χ1n) is 13.1. The summed E-state index contributed by atoms with van der Waals surface area (Å²) in [5, 5.41) is 14.7. The maximum absolute atomic E-state index is 13.8.